The molecule has 0 amide bonds. The van der Waals surface area contributed by atoms with Crippen molar-refractivity contribution in [3.63, 3.8) is 0 Å². The van der Waals surface area contributed by atoms with Crippen molar-refractivity contribution in [1.82, 2.24) is 15.0 Å². The van der Waals surface area contributed by atoms with Gasteiger partial charge in [-0.05, 0) is 23.7 Å². The lowest BCUT2D eigenvalue weighted by molar-refractivity contribution is 0.0253. The molecule has 1 aliphatic heterocycles. The minimum atomic E-state index is 0.0574. The number of aromatic nitrogens is 3. The van der Waals surface area contributed by atoms with Gasteiger partial charge in [-0.15, -0.1) is 0 Å². The fourth-order valence-corrected chi connectivity index (χ4v) is 2.36. The molecule has 0 saturated carbocycles. The van der Waals surface area contributed by atoms with Gasteiger partial charge in [-0.25, -0.2) is 9.97 Å². The van der Waals surface area contributed by atoms with Crippen LogP contribution in [0.1, 0.15) is 18.4 Å². The molecule has 0 spiro atoms. The first-order valence-corrected chi connectivity index (χ1v) is 7.27. The standard InChI is InChI=1S/C15H13ClN4O2/c16-15-18-4-1-12(20-15)13-7-10(8-17)14(9-19-13)22-11-2-5-21-6-3-11/h1,4,7,9,11H,2-3,5-6H2. The van der Waals surface area contributed by atoms with Crippen molar-refractivity contribution in [3.8, 4) is 23.2 Å². The van der Waals surface area contributed by atoms with Crippen LogP contribution in [0, 0.1) is 11.3 Å². The third-order valence-corrected chi connectivity index (χ3v) is 3.52. The van der Waals surface area contributed by atoms with Crippen molar-refractivity contribution in [3.05, 3.63) is 35.4 Å². The maximum atomic E-state index is 9.33. The van der Waals surface area contributed by atoms with Gasteiger partial charge in [-0.1, -0.05) is 0 Å². The minimum Gasteiger partial charge on any atom is -0.487 e. The van der Waals surface area contributed by atoms with Gasteiger partial charge in [0.2, 0.25) is 5.28 Å². The molecule has 3 rings (SSSR count). The van der Waals surface area contributed by atoms with E-state index >= 15 is 0 Å². The Balaban J connectivity index is 1.86. The lowest BCUT2D eigenvalue weighted by Gasteiger charge is -2.23. The highest BCUT2D eigenvalue weighted by atomic mass is 35.5. The number of rotatable bonds is 3. The average Bonchev–Trinajstić information content (AvgIpc) is 2.56. The Morgan fingerprint density at radius 3 is 2.82 bits per heavy atom. The molecule has 1 fully saturated rings. The highest BCUT2D eigenvalue weighted by Gasteiger charge is 2.18. The molecule has 0 radical (unpaired) electrons. The number of nitriles is 1. The van der Waals surface area contributed by atoms with Gasteiger partial charge in [-0.2, -0.15) is 5.26 Å². The van der Waals surface area contributed by atoms with E-state index < -0.39 is 0 Å². The third-order valence-electron chi connectivity index (χ3n) is 3.34. The Kier molecular flexibility index (Phi) is 4.47. The maximum Gasteiger partial charge on any atom is 0.222 e. The number of hydrogen-bond donors (Lipinski definition) is 0. The molecule has 0 N–H and O–H groups in total. The molecule has 112 valence electrons. The van der Waals surface area contributed by atoms with E-state index in [1.807, 2.05) is 0 Å². The molecule has 0 aliphatic carbocycles. The topological polar surface area (TPSA) is 80.9 Å². The fourth-order valence-electron chi connectivity index (χ4n) is 2.22. The number of nitrogens with zero attached hydrogens (tertiary/aromatic N) is 4. The zero-order valence-corrected chi connectivity index (χ0v) is 12.5. The summed E-state index contributed by atoms with van der Waals surface area (Å²) in [4.78, 5) is 12.2. The molecule has 0 aromatic carbocycles. The van der Waals surface area contributed by atoms with Crippen molar-refractivity contribution < 1.29 is 9.47 Å². The monoisotopic (exact) mass is 316 g/mol. The van der Waals surface area contributed by atoms with Crippen LogP contribution in [-0.4, -0.2) is 34.3 Å². The zero-order chi connectivity index (χ0) is 15.4. The molecule has 3 heterocycles. The Labute approximate surface area is 132 Å². The summed E-state index contributed by atoms with van der Waals surface area (Å²) >= 11 is 5.78. The van der Waals surface area contributed by atoms with Crippen molar-refractivity contribution in [2.45, 2.75) is 18.9 Å². The van der Waals surface area contributed by atoms with E-state index in [0.717, 1.165) is 12.8 Å². The van der Waals surface area contributed by atoms with Gasteiger partial charge in [0.1, 0.15) is 12.2 Å². The van der Waals surface area contributed by atoms with Crippen LogP contribution in [-0.2, 0) is 4.74 Å². The largest absolute Gasteiger partial charge is 0.487 e. The molecule has 2 aromatic rings. The summed E-state index contributed by atoms with van der Waals surface area (Å²) in [6.07, 6.45) is 4.79. The maximum absolute atomic E-state index is 9.33. The van der Waals surface area contributed by atoms with E-state index in [4.69, 9.17) is 21.1 Å². The second-order valence-corrected chi connectivity index (χ2v) is 5.16. The number of ether oxygens (including phenoxy) is 2. The highest BCUT2D eigenvalue weighted by Crippen LogP contribution is 2.25. The molecule has 6 nitrogen and oxygen atoms in total. The summed E-state index contributed by atoms with van der Waals surface area (Å²) in [5.74, 6) is 0.485. The lowest BCUT2D eigenvalue weighted by Crippen LogP contribution is -2.26. The number of pyridine rings is 1. The summed E-state index contributed by atoms with van der Waals surface area (Å²) in [5.41, 5.74) is 1.54. The van der Waals surface area contributed by atoms with Crippen LogP contribution in [0.5, 0.6) is 5.75 Å². The van der Waals surface area contributed by atoms with Crippen LogP contribution in [0.3, 0.4) is 0 Å². The van der Waals surface area contributed by atoms with E-state index in [2.05, 4.69) is 21.0 Å². The van der Waals surface area contributed by atoms with Crippen molar-refractivity contribution in [1.29, 1.82) is 5.26 Å². The Hall–Kier alpha value is -2.23. The summed E-state index contributed by atoms with van der Waals surface area (Å²) in [6, 6.07) is 5.47. The first-order valence-electron chi connectivity index (χ1n) is 6.90. The lowest BCUT2D eigenvalue weighted by atomic mass is 10.1. The van der Waals surface area contributed by atoms with Crippen LogP contribution < -0.4 is 4.74 Å². The van der Waals surface area contributed by atoms with Gasteiger partial charge in [0.25, 0.3) is 0 Å². The van der Waals surface area contributed by atoms with E-state index in [-0.39, 0.29) is 11.4 Å². The van der Waals surface area contributed by atoms with E-state index in [0.29, 0.717) is 35.9 Å². The Morgan fingerprint density at radius 2 is 2.09 bits per heavy atom. The van der Waals surface area contributed by atoms with Gasteiger partial charge in [0.05, 0.1) is 36.4 Å². The first-order chi connectivity index (χ1) is 10.8. The normalized spacial score (nSPS) is 15.3. The number of hydrogen-bond acceptors (Lipinski definition) is 6. The van der Waals surface area contributed by atoms with Crippen LogP contribution in [0.2, 0.25) is 5.28 Å². The third kappa shape index (κ3) is 3.32. The Morgan fingerprint density at radius 1 is 1.27 bits per heavy atom. The van der Waals surface area contributed by atoms with E-state index in [9.17, 15) is 5.26 Å². The SMILES string of the molecule is N#Cc1cc(-c2ccnc(Cl)n2)ncc1OC1CCOCC1. The average molecular weight is 317 g/mol. The van der Waals surface area contributed by atoms with E-state index in [1.54, 1.807) is 24.5 Å². The van der Waals surface area contributed by atoms with Gasteiger partial charge < -0.3 is 9.47 Å². The van der Waals surface area contributed by atoms with Crippen molar-refractivity contribution >= 4 is 11.6 Å². The molecule has 1 aliphatic rings. The van der Waals surface area contributed by atoms with Crippen LogP contribution in [0.25, 0.3) is 11.4 Å². The quantitative estimate of drug-likeness (QED) is 0.810. The molecule has 7 heteroatoms. The van der Waals surface area contributed by atoms with Gasteiger partial charge >= 0.3 is 0 Å². The summed E-state index contributed by atoms with van der Waals surface area (Å²) < 4.78 is 11.2. The predicted molar refractivity (Wildman–Crippen MR) is 79.5 cm³/mol. The summed E-state index contributed by atoms with van der Waals surface area (Å²) in [7, 11) is 0. The van der Waals surface area contributed by atoms with Gasteiger partial charge in [-0.3, -0.25) is 4.98 Å². The van der Waals surface area contributed by atoms with Gasteiger partial charge in [0, 0.05) is 19.0 Å². The number of halogens is 1. The molecule has 22 heavy (non-hydrogen) atoms. The van der Waals surface area contributed by atoms with Crippen molar-refractivity contribution in [2.75, 3.05) is 13.2 Å². The van der Waals surface area contributed by atoms with Crippen LogP contribution in [0.4, 0.5) is 0 Å². The van der Waals surface area contributed by atoms with Gasteiger partial charge in [0.15, 0.2) is 5.75 Å². The van der Waals surface area contributed by atoms with Crippen LogP contribution in [0.15, 0.2) is 24.5 Å². The summed E-state index contributed by atoms with van der Waals surface area (Å²) in [5, 5.41) is 9.47. The molecule has 0 atom stereocenters. The predicted octanol–water partition coefficient (Wildman–Crippen LogP) is 2.62. The fraction of sp³-hybridized carbons (Fsp3) is 0.333. The second kappa shape index (κ2) is 6.69. The second-order valence-electron chi connectivity index (χ2n) is 4.82. The molecule has 2 aromatic heterocycles. The van der Waals surface area contributed by atoms with Crippen molar-refractivity contribution in [2.24, 2.45) is 0 Å². The zero-order valence-electron chi connectivity index (χ0n) is 11.7. The van der Waals surface area contributed by atoms with E-state index in [1.165, 1.54) is 0 Å². The minimum absolute atomic E-state index is 0.0574. The molecule has 0 bridgehead atoms. The molecular weight excluding hydrogens is 304 g/mol. The first kappa shape index (κ1) is 14.7. The molecular formula is C15H13ClN4O2. The molecule has 0 unspecified atom stereocenters. The molecule has 1 saturated heterocycles. The smallest absolute Gasteiger partial charge is 0.222 e. The summed E-state index contributed by atoms with van der Waals surface area (Å²) in [6.45, 7) is 1.36. The Bertz CT molecular complexity index is 711. The van der Waals surface area contributed by atoms with Crippen LogP contribution >= 0.6 is 11.6 Å². The highest BCUT2D eigenvalue weighted by molar-refractivity contribution is 6.28.